The van der Waals surface area contributed by atoms with Gasteiger partial charge in [0.25, 0.3) is 0 Å². The molecule has 8 heteroatoms. The van der Waals surface area contributed by atoms with Gasteiger partial charge in [-0.3, -0.25) is 9.78 Å². The van der Waals surface area contributed by atoms with Gasteiger partial charge in [0.15, 0.2) is 11.2 Å². The summed E-state index contributed by atoms with van der Waals surface area (Å²) < 4.78 is 13.1. The minimum Gasteiger partial charge on any atom is -0.495 e. The third-order valence-electron chi connectivity index (χ3n) is 7.76. The summed E-state index contributed by atoms with van der Waals surface area (Å²) in [6, 6.07) is 17.0. The van der Waals surface area contributed by atoms with Crippen LogP contribution in [0, 0.1) is 5.92 Å². The number of halogens is 1. The number of methoxy groups -OCH3 is 1. The van der Waals surface area contributed by atoms with Gasteiger partial charge >= 0.3 is 0 Å². The van der Waals surface area contributed by atoms with Crippen molar-refractivity contribution in [1.82, 2.24) is 9.88 Å². The van der Waals surface area contributed by atoms with E-state index >= 15 is 0 Å². The molecule has 0 bridgehead atoms. The van der Waals surface area contributed by atoms with Crippen LogP contribution in [0.15, 0.2) is 71.5 Å². The molecule has 1 aromatic heterocycles. The summed E-state index contributed by atoms with van der Waals surface area (Å²) in [5, 5.41) is 24.7. The van der Waals surface area contributed by atoms with Crippen LogP contribution in [0.3, 0.4) is 0 Å². The van der Waals surface area contributed by atoms with Crippen molar-refractivity contribution in [2.75, 3.05) is 20.2 Å². The lowest BCUT2D eigenvalue weighted by atomic mass is 9.70. The molecule has 2 aliphatic heterocycles. The third kappa shape index (κ3) is 2.90. The average Bonchev–Trinajstić information content (AvgIpc) is 3.22. The van der Waals surface area contributed by atoms with E-state index in [0.717, 1.165) is 16.5 Å². The number of nitrogens with zero attached hydrogens (tertiary/aromatic N) is 2. The number of carbonyl (C=O) groups is 1. The van der Waals surface area contributed by atoms with E-state index in [1.807, 2.05) is 54.6 Å². The van der Waals surface area contributed by atoms with Crippen LogP contribution < -0.4 is 9.47 Å². The highest BCUT2D eigenvalue weighted by molar-refractivity contribution is 9.10. The number of hydrogen-bond acceptors (Lipinski definition) is 6. The van der Waals surface area contributed by atoms with Gasteiger partial charge in [-0.05, 0) is 29.7 Å². The molecular weight excluding hydrogens is 512 g/mol. The number of carbonyl (C=O) groups excluding carboxylic acids is 1. The van der Waals surface area contributed by atoms with E-state index in [1.54, 1.807) is 4.90 Å². The fourth-order valence-corrected chi connectivity index (χ4v) is 6.38. The average molecular weight is 537 g/mol. The van der Waals surface area contributed by atoms with Crippen LogP contribution >= 0.6 is 15.9 Å². The number of ether oxygens (including phenoxy) is 2. The Morgan fingerprint density at radius 3 is 2.49 bits per heavy atom. The van der Waals surface area contributed by atoms with Gasteiger partial charge in [-0.1, -0.05) is 58.4 Å². The first kappa shape index (κ1) is 22.5. The maximum absolute atomic E-state index is 13.8. The first-order valence-electron chi connectivity index (χ1n) is 11.6. The van der Waals surface area contributed by atoms with Crippen molar-refractivity contribution in [1.29, 1.82) is 0 Å². The molecule has 35 heavy (non-hydrogen) atoms. The van der Waals surface area contributed by atoms with Gasteiger partial charge in [0.05, 0.1) is 31.0 Å². The molecule has 0 radical (unpaired) electrons. The number of likely N-dealkylation sites (tertiary alicyclic amines) is 1. The summed E-state index contributed by atoms with van der Waals surface area (Å²) in [4.78, 5) is 19.8. The van der Waals surface area contributed by atoms with Crippen LogP contribution in [0.25, 0.3) is 0 Å². The Kier molecular flexibility index (Phi) is 5.18. The molecule has 3 heterocycles. The van der Waals surface area contributed by atoms with Crippen LogP contribution in [0.5, 0.6) is 11.5 Å². The zero-order valence-electron chi connectivity index (χ0n) is 19.1. The Morgan fingerprint density at radius 2 is 1.86 bits per heavy atom. The molecule has 1 saturated carbocycles. The molecule has 2 N–H and O–H groups in total. The molecule has 2 fully saturated rings. The van der Waals surface area contributed by atoms with Gasteiger partial charge < -0.3 is 24.6 Å². The zero-order chi connectivity index (χ0) is 24.4. The Balaban J connectivity index is 1.68. The summed E-state index contributed by atoms with van der Waals surface area (Å²) in [5.74, 6) is -1.18. The van der Waals surface area contributed by atoms with Gasteiger partial charge in [0.2, 0.25) is 5.91 Å². The maximum atomic E-state index is 13.8. The second kappa shape index (κ2) is 8.05. The molecule has 1 saturated heterocycles. The second-order valence-corrected chi connectivity index (χ2v) is 10.3. The van der Waals surface area contributed by atoms with E-state index < -0.39 is 29.1 Å². The summed E-state index contributed by atoms with van der Waals surface area (Å²) in [6.45, 7) is 1.27. The number of amides is 1. The second-order valence-electron chi connectivity index (χ2n) is 9.36. The fourth-order valence-electron chi connectivity index (χ4n) is 6.11. The molecule has 1 aliphatic carbocycles. The zero-order valence-corrected chi connectivity index (χ0v) is 20.7. The number of hydrogen-bond donors (Lipinski definition) is 2. The topological polar surface area (TPSA) is 92.1 Å². The molecule has 4 unspecified atom stereocenters. The van der Waals surface area contributed by atoms with Gasteiger partial charge in [-0.2, -0.15) is 0 Å². The highest BCUT2D eigenvalue weighted by Crippen LogP contribution is 2.69. The Hall–Kier alpha value is -2.94. The minimum absolute atomic E-state index is 0.185. The summed E-state index contributed by atoms with van der Waals surface area (Å²) in [5.41, 5.74) is -1.73. The molecule has 5 atom stereocenters. The minimum atomic E-state index is -1.98. The molecule has 3 aliphatic rings. The summed E-state index contributed by atoms with van der Waals surface area (Å²) in [7, 11) is 1.49. The molecule has 7 nitrogen and oxygen atoms in total. The molecule has 0 spiro atoms. The van der Waals surface area contributed by atoms with Crippen LogP contribution in [0.1, 0.15) is 29.0 Å². The standard InChI is InChI=1S/C27H25BrN2O5/c1-34-19-14-29-15-20-23(19)26(33)24(31)21(25(32)30-12-5-13-30)22(16-6-3-2-4-7-16)27(26,35-20)17-8-10-18(28)11-9-17/h2-4,6-11,14-15,21-22,24,31,33H,5,12-13H2,1H3/t21?,22?,24-,26?,27?/m1/s1. The van der Waals surface area contributed by atoms with E-state index in [-0.39, 0.29) is 5.91 Å². The SMILES string of the molecule is COc1cncc2c1C1(O)[C@H](O)C(C(=O)N3CCC3)C(c3ccccc3)C1(c1ccc(Br)cc1)O2. The smallest absolute Gasteiger partial charge is 0.229 e. The molecule has 1 amide bonds. The van der Waals surface area contributed by atoms with Crippen molar-refractivity contribution in [3.05, 3.63) is 88.2 Å². The number of pyridine rings is 1. The molecule has 6 rings (SSSR count). The van der Waals surface area contributed by atoms with Crippen LogP contribution in [-0.2, 0) is 16.0 Å². The normalized spacial score (nSPS) is 30.7. The maximum Gasteiger partial charge on any atom is 0.229 e. The first-order chi connectivity index (χ1) is 16.9. The number of aromatic nitrogens is 1. The van der Waals surface area contributed by atoms with E-state index in [1.165, 1.54) is 19.5 Å². The monoisotopic (exact) mass is 536 g/mol. The van der Waals surface area contributed by atoms with Gasteiger partial charge in [-0.15, -0.1) is 0 Å². The number of benzene rings is 2. The lowest BCUT2D eigenvalue weighted by molar-refractivity contribution is -0.158. The molecular formula is C27H25BrN2O5. The van der Waals surface area contributed by atoms with Crippen LogP contribution in [0.2, 0.25) is 0 Å². The fraction of sp³-hybridized carbons (Fsp3) is 0.333. The Morgan fingerprint density at radius 1 is 1.14 bits per heavy atom. The number of fused-ring (bicyclic) bond motifs is 3. The lowest BCUT2D eigenvalue weighted by Gasteiger charge is -2.41. The molecule has 180 valence electrons. The van der Waals surface area contributed by atoms with Crippen LogP contribution in [0.4, 0.5) is 0 Å². The van der Waals surface area contributed by atoms with Crippen molar-refractivity contribution in [3.63, 3.8) is 0 Å². The van der Waals surface area contributed by atoms with Crippen molar-refractivity contribution in [2.45, 2.75) is 29.6 Å². The van der Waals surface area contributed by atoms with E-state index in [0.29, 0.717) is 35.7 Å². The third-order valence-corrected chi connectivity index (χ3v) is 8.29. The van der Waals surface area contributed by atoms with E-state index in [9.17, 15) is 15.0 Å². The Bertz CT molecular complexity index is 1280. The summed E-state index contributed by atoms with van der Waals surface area (Å²) >= 11 is 3.49. The van der Waals surface area contributed by atoms with E-state index in [2.05, 4.69) is 20.9 Å². The van der Waals surface area contributed by atoms with Gasteiger partial charge in [-0.25, -0.2) is 0 Å². The predicted molar refractivity (Wildman–Crippen MR) is 131 cm³/mol. The largest absolute Gasteiger partial charge is 0.495 e. The number of aliphatic hydroxyl groups excluding tert-OH is 1. The highest BCUT2D eigenvalue weighted by atomic mass is 79.9. The van der Waals surface area contributed by atoms with Gasteiger partial charge in [0.1, 0.15) is 17.6 Å². The van der Waals surface area contributed by atoms with Crippen molar-refractivity contribution in [3.8, 4) is 11.5 Å². The van der Waals surface area contributed by atoms with Crippen molar-refractivity contribution < 1.29 is 24.5 Å². The first-order valence-corrected chi connectivity index (χ1v) is 12.4. The number of aliphatic hydroxyl groups is 2. The lowest BCUT2D eigenvalue weighted by Crippen LogP contribution is -2.52. The molecule has 3 aromatic rings. The Labute approximate surface area is 211 Å². The quantitative estimate of drug-likeness (QED) is 0.531. The van der Waals surface area contributed by atoms with Gasteiger partial charge in [0, 0.05) is 23.5 Å². The van der Waals surface area contributed by atoms with Crippen molar-refractivity contribution in [2.24, 2.45) is 5.92 Å². The number of rotatable bonds is 4. The highest BCUT2D eigenvalue weighted by Gasteiger charge is 2.78. The van der Waals surface area contributed by atoms with Crippen molar-refractivity contribution >= 4 is 21.8 Å². The van der Waals surface area contributed by atoms with E-state index in [4.69, 9.17) is 9.47 Å². The summed E-state index contributed by atoms with van der Waals surface area (Å²) in [6.07, 6.45) is 2.48. The predicted octanol–water partition coefficient (Wildman–Crippen LogP) is 3.34. The molecule has 2 aromatic carbocycles. The van der Waals surface area contributed by atoms with Crippen LogP contribution in [-0.4, -0.2) is 52.3 Å².